The van der Waals surface area contributed by atoms with Crippen molar-refractivity contribution in [2.45, 2.75) is 31.5 Å². The van der Waals surface area contributed by atoms with Gasteiger partial charge in [0, 0.05) is 12.8 Å². The van der Waals surface area contributed by atoms with Crippen molar-refractivity contribution in [3.63, 3.8) is 0 Å². The molecule has 0 radical (unpaired) electrons. The first-order valence-corrected chi connectivity index (χ1v) is 7.74. The Morgan fingerprint density at radius 2 is 2.24 bits per heavy atom. The zero-order valence-corrected chi connectivity index (χ0v) is 13.2. The van der Waals surface area contributed by atoms with Crippen molar-refractivity contribution in [3.05, 3.63) is 17.8 Å². The molecule has 2 aromatic heterocycles. The van der Waals surface area contributed by atoms with Gasteiger partial charge in [0.15, 0.2) is 10.8 Å². The number of imidazole rings is 1. The van der Waals surface area contributed by atoms with Crippen LogP contribution in [-0.4, -0.2) is 45.1 Å². The van der Waals surface area contributed by atoms with E-state index in [-0.39, 0.29) is 11.8 Å². The maximum Gasteiger partial charge on any atom is 0.313 e. The molecule has 7 heteroatoms. The fraction of sp³-hybridized carbons (Fsp3) is 0.500. The van der Waals surface area contributed by atoms with Crippen LogP contribution in [0, 0.1) is 6.92 Å². The van der Waals surface area contributed by atoms with Crippen molar-refractivity contribution in [2.75, 3.05) is 19.5 Å². The number of hydrogen-bond donors (Lipinski definition) is 1. The fourth-order valence-corrected chi connectivity index (χ4v) is 2.96. The normalized spacial score (nSPS) is 12.7. The monoisotopic (exact) mass is 309 g/mol. The SMILES string of the molecule is CCC(COC)n1c(SCC(=O)O)nc2ccc(C)nc21. The van der Waals surface area contributed by atoms with Gasteiger partial charge in [-0.25, -0.2) is 9.97 Å². The number of ether oxygens (including phenoxy) is 1. The molecule has 2 aromatic rings. The summed E-state index contributed by atoms with van der Waals surface area (Å²) in [7, 11) is 1.66. The molecule has 0 spiro atoms. The van der Waals surface area contributed by atoms with Gasteiger partial charge in [0.2, 0.25) is 0 Å². The van der Waals surface area contributed by atoms with Crippen molar-refractivity contribution in [1.82, 2.24) is 14.5 Å². The number of carboxylic acid groups (broad SMARTS) is 1. The molecule has 2 rings (SSSR count). The van der Waals surface area contributed by atoms with Crippen LogP contribution < -0.4 is 0 Å². The van der Waals surface area contributed by atoms with Gasteiger partial charge in [0.25, 0.3) is 0 Å². The summed E-state index contributed by atoms with van der Waals surface area (Å²) in [6.45, 7) is 4.54. The summed E-state index contributed by atoms with van der Waals surface area (Å²) in [6.07, 6.45) is 0.857. The first-order chi connectivity index (χ1) is 10.1. The van der Waals surface area contributed by atoms with E-state index in [4.69, 9.17) is 9.84 Å². The quantitative estimate of drug-likeness (QED) is 0.792. The highest BCUT2D eigenvalue weighted by Gasteiger charge is 2.20. The van der Waals surface area contributed by atoms with Crippen LogP contribution in [0.25, 0.3) is 11.2 Å². The van der Waals surface area contributed by atoms with Crippen LogP contribution in [0.15, 0.2) is 17.3 Å². The Morgan fingerprint density at radius 1 is 1.48 bits per heavy atom. The summed E-state index contributed by atoms with van der Waals surface area (Å²) in [5.41, 5.74) is 2.47. The van der Waals surface area contributed by atoms with E-state index in [1.165, 1.54) is 11.8 Å². The Kier molecular flexibility index (Phi) is 5.19. The van der Waals surface area contributed by atoms with E-state index in [0.29, 0.717) is 11.8 Å². The highest BCUT2D eigenvalue weighted by atomic mass is 32.2. The second-order valence-corrected chi connectivity index (χ2v) is 5.70. The summed E-state index contributed by atoms with van der Waals surface area (Å²) in [6, 6.07) is 3.91. The first kappa shape index (κ1) is 15.8. The van der Waals surface area contributed by atoms with E-state index in [1.807, 2.05) is 23.6 Å². The molecule has 0 saturated carbocycles. The third kappa shape index (κ3) is 3.54. The molecule has 0 aliphatic rings. The Hall–Kier alpha value is -1.60. The van der Waals surface area contributed by atoms with Crippen molar-refractivity contribution in [2.24, 2.45) is 0 Å². The summed E-state index contributed by atoms with van der Waals surface area (Å²) < 4.78 is 7.28. The van der Waals surface area contributed by atoms with Crippen molar-refractivity contribution in [1.29, 1.82) is 0 Å². The van der Waals surface area contributed by atoms with E-state index in [2.05, 4.69) is 16.9 Å². The summed E-state index contributed by atoms with van der Waals surface area (Å²) in [5.74, 6) is -0.881. The fourth-order valence-electron chi connectivity index (χ4n) is 2.17. The maximum atomic E-state index is 10.8. The van der Waals surface area contributed by atoms with Gasteiger partial charge in [-0.2, -0.15) is 0 Å². The van der Waals surface area contributed by atoms with E-state index in [9.17, 15) is 4.79 Å². The average molecular weight is 309 g/mol. The molecule has 21 heavy (non-hydrogen) atoms. The van der Waals surface area contributed by atoms with Gasteiger partial charge in [-0.15, -0.1) is 0 Å². The number of fused-ring (bicyclic) bond motifs is 1. The predicted molar refractivity (Wildman–Crippen MR) is 81.8 cm³/mol. The standard InChI is InChI=1S/C14H19N3O3S/c1-4-10(7-20-3)17-13-11(6-5-9(2)15-13)16-14(17)21-8-12(18)19/h5-6,10H,4,7-8H2,1-3H3,(H,18,19). The summed E-state index contributed by atoms with van der Waals surface area (Å²) in [4.78, 5) is 19.9. The number of methoxy groups -OCH3 is 1. The van der Waals surface area contributed by atoms with Gasteiger partial charge in [0.1, 0.15) is 5.52 Å². The van der Waals surface area contributed by atoms with Crippen molar-refractivity contribution < 1.29 is 14.6 Å². The van der Waals surface area contributed by atoms with Gasteiger partial charge in [0.05, 0.1) is 18.4 Å². The molecule has 0 fully saturated rings. The molecule has 2 heterocycles. The molecular formula is C14H19N3O3S. The number of carboxylic acids is 1. The molecule has 0 aliphatic carbocycles. The van der Waals surface area contributed by atoms with Crippen LogP contribution in [0.3, 0.4) is 0 Å². The number of hydrogen-bond acceptors (Lipinski definition) is 5. The van der Waals surface area contributed by atoms with Crippen LogP contribution in [0.5, 0.6) is 0 Å². The van der Waals surface area contributed by atoms with Gasteiger partial charge in [-0.1, -0.05) is 18.7 Å². The molecule has 0 amide bonds. The Bertz CT molecular complexity index is 642. The molecule has 6 nitrogen and oxygen atoms in total. The molecule has 0 aliphatic heterocycles. The van der Waals surface area contributed by atoms with Crippen LogP contribution >= 0.6 is 11.8 Å². The largest absolute Gasteiger partial charge is 0.481 e. The molecule has 1 unspecified atom stereocenters. The van der Waals surface area contributed by atoms with Gasteiger partial charge in [-0.05, 0) is 25.5 Å². The third-order valence-corrected chi connectivity index (χ3v) is 4.10. The number of thioether (sulfide) groups is 1. The summed E-state index contributed by atoms with van der Waals surface area (Å²) in [5, 5.41) is 9.56. The van der Waals surface area contributed by atoms with E-state index in [1.54, 1.807) is 7.11 Å². The third-order valence-electron chi connectivity index (χ3n) is 3.16. The smallest absolute Gasteiger partial charge is 0.313 e. The van der Waals surface area contributed by atoms with E-state index >= 15 is 0 Å². The lowest BCUT2D eigenvalue weighted by molar-refractivity contribution is -0.133. The molecule has 0 saturated heterocycles. The Labute approximate surface area is 127 Å². The summed E-state index contributed by atoms with van der Waals surface area (Å²) >= 11 is 1.21. The van der Waals surface area contributed by atoms with Crippen LogP contribution in [0.4, 0.5) is 0 Å². The second-order valence-electron chi connectivity index (χ2n) is 4.76. The lowest BCUT2D eigenvalue weighted by Gasteiger charge is -2.18. The molecule has 1 N–H and O–H groups in total. The number of aliphatic carboxylic acids is 1. The van der Waals surface area contributed by atoms with E-state index < -0.39 is 5.97 Å². The van der Waals surface area contributed by atoms with Gasteiger partial charge < -0.3 is 9.84 Å². The topological polar surface area (TPSA) is 77.2 Å². The zero-order chi connectivity index (χ0) is 15.4. The predicted octanol–water partition coefficient (Wildman–Crippen LogP) is 2.51. The highest BCUT2D eigenvalue weighted by molar-refractivity contribution is 7.99. The number of pyridine rings is 1. The van der Waals surface area contributed by atoms with Crippen molar-refractivity contribution in [3.8, 4) is 0 Å². The number of nitrogens with zero attached hydrogens (tertiary/aromatic N) is 3. The lowest BCUT2D eigenvalue weighted by Crippen LogP contribution is -2.16. The van der Waals surface area contributed by atoms with E-state index in [0.717, 1.165) is 23.3 Å². The van der Waals surface area contributed by atoms with Crippen LogP contribution in [0.1, 0.15) is 25.1 Å². The highest BCUT2D eigenvalue weighted by Crippen LogP contribution is 2.28. The zero-order valence-electron chi connectivity index (χ0n) is 12.4. The average Bonchev–Trinajstić information content (AvgIpc) is 2.80. The molecule has 0 aromatic carbocycles. The molecule has 1 atom stereocenters. The Balaban J connectivity index is 2.51. The number of rotatable bonds is 7. The number of carbonyl (C=O) groups is 1. The minimum absolute atomic E-state index is 0.0221. The molecule has 114 valence electrons. The number of aromatic nitrogens is 3. The van der Waals surface area contributed by atoms with Crippen LogP contribution in [0.2, 0.25) is 0 Å². The lowest BCUT2D eigenvalue weighted by atomic mass is 10.2. The molecule has 0 bridgehead atoms. The molecular weight excluding hydrogens is 290 g/mol. The van der Waals surface area contributed by atoms with Crippen LogP contribution in [-0.2, 0) is 9.53 Å². The number of aryl methyl sites for hydroxylation is 1. The van der Waals surface area contributed by atoms with Gasteiger partial charge >= 0.3 is 5.97 Å². The Morgan fingerprint density at radius 3 is 2.86 bits per heavy atom. The van der Waals surface area contributed by atoms with Crippen molar-refractivity contribution >= 4 is 28.9 Å². The minimum Gasteiger partial charge on any atom is -0.481 e. The maximum absolute atomic E-state index is 10.8. The second kappa shape index (κ2) is 6.91. The minimum atomic E-state index is -0.859. The first-order valence-electron chi connectivity index (χ1n) is 6.76. The van der Waals surface area contributed by atoms with Gasteiger partial charge in [-0.3, -0.25) is 9.36 Å².